The van der Waals surface area contributed by atoms with Crippen LogP contribution in [0.3, 0.4) is 0 Å². The average Bonchev–Trinajstić information content (AvgIpc) is 3.46. The van der Waals surface area contributed by atoms with Gasteiger partial charge in [0.05, 0.1) is 0 Å². The van der Waals surface area contributed by atoms with Crippen molar-refractivity contribution < 1.29 is 13.9 Å². The first-order valence-electron chi connectivity index (χ1n) is 9.12. The molecule has 2 fully saturated rings. The van der Waals surface area contributed by atoms with Gasteiger partial charge in [0.15, 0.2) is 6.30 Å². The molecule has 5 heteroatoms. The minimum absolute atomic E-state index is 0.156. The van der Waals surface area contributed by atoms with E-state index < -0.39 is 12.4 Å². The average molecular weight is 354 g/mol. The Hall–Kier alpha value is -2.40. The molecule has 2 aromatic rings. The Morgan fingerprint density at radius 1 is 1.12 bits per heavy atom. The maximum absolute atomic E-state index is 14.3. The van der Waals surface area contributed by atoms with Crippen molar-refractivity contribution >= 4 is 6.09 Å². The normalized spacial score (nSPS) is 26.9. The van der Waals surface area contributed by atoms with Gasteiger partial charge in [-0.2, -0.15) is 0 Å². The molecule has 1 N–H and O–H groups in total. The van der Waals surface area contributed by atoms with E-state index in [1.54, 1.807) is 0 Å². The Bertz CT molecular complexity index is 740. The van der Waals surface area contributed by atoms with Gasteiger partial charge in [-0.15, -0.1) is 0 Å². The number of alkyl halides is 1. The van der Waals surface area contributed by atoms with Gasteiger partial charge in [-0.05, 0) is 17.5 Å². The molecule has 1 heterocycles. The molecule has 1 saturated heterocycles. The van der Waals surface area contributed by atoms with Crippen LogP contribution in [0.2, 0.25) is 0 Å². The minimum Gasteiger partial charge on any atom is -0.444 e. The van der Waals surface area contributed by atoms with E-state index in [2.05, 4.69) is 17.4 Å². The highest BCUT2D eigenvalue weighted by molar-refractivity contribution is 5.69. The fourth-order valence-corrected chi connectivity index (χ4v) is 3.49. The number of carbonyl (C=O) groups is 1. The van der Waals surface area contributed by atoms with Crippen LogP contribution in [-0.2, 0) is 11.3 Å². The van der Waals surface area contributed by atoms with Crippen molar-refractivity contribution in [3.63, 3.8) is 0 Å². The molecule has 0 aromatic heterocycles. The molecular weight excluding hydrogens is 331 g/mol. The van der Waals surface area contributed by atoms with Crippen molar-refractivity contribution in [2.45, 2.75) is 31.3 Å². The first-order chi connectivity index (χ1) is 12.7. The van der Waals surface area contributed by atoms with Crippen molar-refractivity contribution in [3.05, 3.63) is 71.8 Å². The molecule has 4 rings (SSSR count). The molecule has 0 bridgehead atoms. The lowest BCUT2D eigenvalue weighted by atomic mass is 9.99. The van der Waals surface area contributed by atoms with Gasteiger partial charge in [0, 0.05) is 31.0 Å². The number of benzene rings is 2. The van der Waals surface area contributed by atoms with E-state index in [4.69, 9.17) is 4.74 Å². The number of nitrogens with one attached hydrogen (secondary N) is 1. The number of halogens is 1. The second-order valence-electron chi connectivity index (χ2n) is 7.09. The van der Waals surface area contributed by atoms with Gasteiger partial charge in [-0.25, -0.2) is 9.18 Å². The van der Waals surface area contributed by atoms with Crippen LogP contribution in [0.1, 0.15) is 23.5 Å². The summed E-state index contributed by atoms with van der Waals surface area (Å²) in [5.74, 6) is 0.373. The molecule has 4 nitrogen and oxygen atoms in total. The third-order valence-electron chi connectivity index (χ3n) is 5.22. The van der Waals surface area contributed by atoms with Crippen molar-refractivity contribution in [1.82, 2.24) is 10.2 Å². The SMILES string of the molecule is O=C(OCc1ccccc1)N1CC(CN[C@@H]2C[C@H]2c2ccccc2)C1F. The summed E-state index contributed by atoms with van der Waals surface area (Å²) < 4.78 is 19.5. The van der Waals surface area contributed by atoms with Crippen molar-refractivity contribution in [2.75, 3.05) is 13.1 Å². The van der Waals surface area contributed by atoms with Gasteiger partial charge in [0.1, 0.15) is 6.61 Å². The Morgan fingerprint density at radius 3 is 2.50 bits per heavy atom. The number of carbonyl (C=O) groups excluding carboxylic acids is 1. The van der Waals surface area contributed by atoms with Crippen LogP contribution < -0.4 is 5.32 Å². The lowest BCUT2D eigenvalue weighted by Crippen LogP contribution is -2.59. The topological polar surface area (TPSA) is 41.6 Å². The van der Waals surface area contributed by atoms with Crippen molar-refractivity contribution in [1.29, 1.82) is 0 Å². The number of rotatable bonds is 6. The lowest BCUT2D eigenvalue weighted by Gasteiger charge is -2.42. The number of likely N-dealkylation sites (tertiary alicyclic amines) is 1. The van der Waals surface area contributed by atoms with Crippen LogP contribution in [0.25, 0.3) is 0 Å². The van der Waals surface area contributed by atoms with E-state index in [9.17, 15) is 9.18 Å². The Labute approximate surface area is 153 Å². The van der Waals surface area contributed by atoms with E-state index in [1.807, 2.05) is 48.5 Å². The largest absolute Gasteiger partial charge is 0.444 e. The standard InChI is InChI=1S/C21H23FN2O2/c22-20-17(12-23-19-11-18(19)16-9-5-2-6-10-16)13-24(20)21(25)26-14-15-7-3-1-4-8-15/h1-10,17-20,23H,11-14H2/t17?,18-,19+,20?/m0/s1. The zero-order valence-electron chi connectivity index (χ0n) is 14.6. The summed E-state index contributed by atoms with van der Waals surface area (Å²) in [6, 6.07) is 20.2. The van der Waals surface area contributed by atoms with E-state index >= 15 is 0 Å². The number of amides is 1. The first-order valence-corrected chi connectivity index (χ1v) is 9.12. The summed E-state index contributed by atoms with van der Waals surface area (Å²) in [5, 5.41) is 3.44. The van der Waals surface area contributed by atoms with E-state index in [0.29, 0.717) is 25.0 Å². The molecule has 2 aliphatic rings. The summed E-state index contributed by atoms with van der Waals surface area (Å²) in [6.07, 6.45) is -0.748. The Kier molecular flexibility index (Phi) is 4.89. The summed E-state index contributed by atoms with van der Waals surface area (Å²) in [4.78, 5) is 13.1. The second kappa shape index (κ2) is 7.46. The zero-order chi connectivity index (χ0) is 17.9. The number of hydrogen-bond acceptors (Lipinski definition) is 3. The molecule has 1 aliphatic heterocycles. The molecule has 4 atom stereocenters. The molecule has 2 aromatic carbocycles. The third-order valence-corrected chi connectivity index (χ3v) is 5.22. The van der Waals surface area contributed by atoms with Gasteiger partial charge in [0.25, 0.3) is 0 Å². The number of nitrogens with zero attached hydrogens (tertiary/aromatic N) is 1. The quantitative estimate of drug-likeness (QED) is 0.805. The van der Waals surface area contributed by atoms with Crippen molar-refractivity contribution in [2.24, 2.45) is 5.92 Å². The molecule has 2 unspecified atom stereocenters. The van der Waals surface area contributed by atoms with Crippen LogP contribution in [-0.4, -0.2) is 36.4 Å². The molecule has 136 valence electrons. The molecule has 26 heavy (non-hydrogen) atoms. The van der Waals surface area contributed by atoms with Gasteiger partial charge in [-0.3, -0.25) is 4.90 Å². The molecule has 0 spiro atoms. The highest BCUT2D eigenvalue weighted by atomic mass is 19.1. The number of ether oxygens (including phenoxy) is 1. The van der Waals surface area contributed by atoms with Crippen molar-refractivity contribution in [3.8, 4) is 0 Å². The van der Waals surface area contributed by atoms with Crippen LogP contribution in [0.5, 0.6) is 0 Å². The first kappa shape index (κ1) is 17.0. The second-order valence-corrected chi connectivity index (χ2v) is 7.09. The molecule has 0 radical (unpaired) electrons. The fourth-order valence-electron chi connectivity index (χ4n) is 3.49. The van der Waals surface area contributed by atoms with Gasteiger partial charge < -0.3 is 10.1 Å². The van der Waals surface area contributed by atoms with E-state index in [1.165, 1.54) is 5.56 Å². The van der Waals surface area contributed by atoms with Gasteiger partial charge in [0.2, 0.25) is 0 Å². The maximum atomic E-state index is 14.3. The predicted molar refractivity (Wildman–Crippen MR) is 97.3 cm³/mol. The molecule has 1 amide bonds. The lowest BCUT2D eigenvalue weighted by molar-refractivity contribution is -0.0624. The van der Waals surface area contributed by atoms with Gasteiger partial charge in [-0.1, -0.05) is 60.7 Å². The molecular formula is C21H23FN2O2. The number of hydrogen-bond donors (Lipinski definition) is 1. The smallest absolute Gasteiger partial charge is 0.412 e. The fraction of sp³-hybridized carbons (Fsp3) is 0.381. The molecule has 1 aliphatic carbocycles. The highest BCUT2D eigenvalue weighted by Crippen LogP contribution is 2.41. The van der Waals surface area contributed by atoms with E-state index in [-0.39, 0.29) is 12.5 Å². The van der Waals surface area contributed by atoms with Crippen LogP contribution in [0, 0.1) is 5.92 Å². The Morgan fingerprint density at radius 2 is 1.81 bits per heavy atom. The maximum Gasteiger partial charge on any atom is 0.412 e. The third kappa shape index (κ3) is 3.73. The Balaban J connectivity index is 1.17. The predicted octanol–water partition coefficient (Wildman–Crippen LogP) is 3.70. The van der Waals surface area contributed by atoms with Gasteiger partial charge >= 0.3 is 6.09 Å². The summed E-state index contributed by atoms with van der Waals surface area (Å²) in [5.41, 5.74) is 2.23. The van der Waals surface area contributed by atoms with Crippen LogP contribution in [0.15, 0.2) is 60.7 Å². The monoisotopic (exact) mass is 354 g/mol. The summed E-state index contributed by atoms with van der Waals surface area (Å²) >= 11 is 0. The zero-order valence-corrected chi connectivity index (χ0v) is 14.6. The van der Waals surface area contributed by atoms with Crippen LogP contribution >= 0.6 is 0 Å². The van der Waals surface area contributed by atoms with Crippen LogP contribution in [0.4, 0.5) is 9.18 Å². The summed E-state index contributed by atoms with van der Waals surface area (Å²) in [6.45, 7) is 1.18. The highest BCUT2D eigenvalue weighted by Gasteiger charge is 2.45. The summed E-state index contributed by atoms with van der Waals surface area (Å²) in [7, 11) is 0. The minimum atomic E-state index is -1.26. The molecule has 1 saturated carbocycles. The van der Waals surface area contributed by atoms with E-state index in [0.717, 1.165) is 16.9 Å².